The molecule has 148 valence electrons. The Balaban J connectivity index is 1.72. The number of piperidine rings is 1. The van der Waals surface area contributed by atoms with Crippen LogP contribution in [0.3, 0.4) is 0 Å². The molecule has 1 aromatic carbocycles. The van der Waals surface area contributed by atoms with E-state index in [1.165, 1.54) is 32.1 Å². The quantitative estimate of drug-likeness (QED) is 0.527. The van der Waals surface area contributed by atoms with Crippen molar-refractivity contribution < 1.29 is 14.3 Å². The molecular weight excluding hydrogens is 340 g/mol. The molecule has 1 fully saturated rings. The van der Waals surface area contributed by atoms with Gasteiger partial charge < -0.3 is 15.4 Å². The maximum absolute atomic E-state index is 13.1. The number of primary amides is 1. The van der Waals surface area contributed by atoms with E-state index in [0.29, 0.717) is 13.0 Å². The molecule has 0 aliphatic carbocycles. The van der Waals surface area contributed by atoms with E-state index in [1.807, 2.05) is 31.2 Å². The third kappa shape index (κ3) is 3.97. The smallest absolute Gasteiger partial charge is 0.238 e. The molecule has 27 heavy (non-hydrogen) atoms. The molecule has 2 N–H and O–H groups in total. The van der Waals surface area contributed by atoms with E-state index in [4.69, 9.17) is 10.5 Å². The molecule has 3 rings (SSSR count). The Kier molecular flexibility index (Phi) is 6.08. The number of nitrogens with two attached hydrogens (primary N) is 1. The molecule has 5 nitrogen and oxygen atoms in total. The zero-order valence-electron chi connectivity index (χ0n) is 16.6. The Bertz CT molecular complexity index is 690. The Labute approximate surface area is 162 Å². The number of carbonyl (C=O) groups excluding carboxylic acids is 2. The normalized spacial score (nSPS) is 26.4. The molecule has 1 aromatic rings. The monoisotopic (exact) mass is 372 g/mol. The highest BCUT2D eigenvalue weighted by molar-refractivity contribution is 6.01. The molecule has 0 aromatic heterocycles. The van der Waals surface area contributed by atoms with Crippen LogP contribution in [0, 0.1) is 5.92 Å². The van der Waals surface area contributed by atoms with E-state index in [0.717, 1.165) is 24.2 Å². The van der Waals surface area contributed by atoms with Crippen molar-refractivity contribution >= 4 is 11.8 Å². The first kappa shape index (κ1) is 19.7. The second kappa shape index (κ2) is 8.32. The van der Waals surface area contributed by atoms with Crippen LogP contribution in [0.15, 0.2) is 24.3 Å². The van der Waals surface area contributed by atoms with Crippen molar-refractivity contribution in [2.24, 2.45) is 11.7 Å². The van der Waals surface area contributed by atoms with E-state index in [-0.39, 0.29) is 11.8 Å². The molecule has 2 aliphatic heterocycles. The Morgan fingerprint density at radius 2 is 1.85 bits per heavy atom. The number of hydrogen-bond acceptors (Lipinski definition) is 3. The summed E-state index contributed by atoms with van der Waals surface area (Å²) in [5.74, 6) is -0.947. The molecule has 0 unspecified atom stereocenters. The van der Waals surface area contributed by atoms with E-state index in [1.54, 1.807) is 4.90 Å². The lowest BCUT2D eigenvalue weighted by atomic mass is 9.73. The van der Waals surface area contributed by atoms with E-state index < -0.39 is 17.6 Å². The highest BCUT2D eigenvalue weighted by Crippen LogP contribution is 2.50. The molecule has 3 atom stereocenters. The summed E-state index contributed by atoms with van der Waals surface area (Å²) < 4.78 is 6.26. The van der Waals surface area contributed by atoms with Gasteiger partial charge >= 0.3 is 0 Å². The second-order valence-electron chi connectivity index (χ2n) is 8.12. The number of amides is 2. The predicted molar refractivity (Wildman–Crippen MR) is 105 cm³/mol. The van der Waals surface area contributed by atoms with Crippen molar-refractivity contribution in [3.63, 3.8) is 0 Å². The number of para-hydroxylation sites is 1. The zero-order chi connectivity index (χ0) is 19.4. The van der Waals surface area contributed by atoms with Gasteiger partial charge in [0.25, 0.3) is 0 Å². The fourth-order valence-corrected chi connectivity index (χ4v) is 4.61. The molecule has 0 spiro atoms. The number of carbonyl (C=O) groups is 2. The second-order valence-corrected chi connectivity index (χ2v) is 8.12. The maximum Gasteiger partial charge on any atom is 0.238 e. The van der Waals surface area contributed by atoms with Crippen LogP contribution in [-0.4, -0.2) is 29.0 Å². The molecule has 2 aliphatic rings. The zero-order valence-corrected chi connectivity index (χ0v) is 16.6. The molecule has 0 saturated carbocycles. The van der Waals surface area contributed by atoms with Crippen LogP contribution in [0.5, 0.6) is 5.75 Å². The highest BCUT2D eigenvalue weighted by atomic mass is 16.5. The van der Waals surface area contributed by atoms with E-state index in [9.17, 15) is 9.59 Å². The third-order valence-corrected chi connectivity index (χ3v) is 6.04. The van der Waals surface area contributed by atoms with Crippen molar-refractivity contribution in [2.75, 3.05) is 6.54 Å². The number of ether oxygens (including phenoxy) is 1. The van der Waals surface area contributed by atoms with Gasteiger partial charge in [-0.05, 0) is 25.0 Å². The van der Waals surface area contributed by atoms with Crippen molar-refractivity contribution in [2.45, 2.75) is 76.9 Å². The van der Waals surface area contributed by atoms with Gasteiger partial charge in [0.1, 0.15) is 11.7 Å². The Morgan fingerprint density at radius 1 is 1.19 bits per heavy atom. The van der Waals surface area contributed by atoms with Gasteiger partial charge in [-0.2, -0.15) is 0 Å². The lowest BCUT2D eigenvalue weighted by molar-refractivity contribution is -0.175. The summed E-state index contributed by atoms with van der Waals surface area (Å²) >= 11 is 0. The number of fused-ring (bicyclic) bond motifs is 4. The lowest BCUT2D eigenvalue weighted by Gasteiger charge is -2.52. The fourth-order valence-electron chi connectivity index (χ4n) is 4.61. The molecule has 2 bridgehead atoms. The molecule has 0 radical (unpaired) electrons. The average Bonchev–Trinajstić information content (AvgIpc) is 2.62. The minimum Gasteiger partial charge on any atom is -0.468 e. The minimum absolute atomic E-state index is 0.179. The summed E-state index contributed by atoms with van der Waals surface area (Å²) in [6.07, 6.45) is 8.87. The van der Waals surface area contributed by atoms with Crippen LogP contribution in [0.2, 0.25) is 0 Å². The molecule has 5 heteroatoms. The Hall–Kier alpha value is -2.04. The summed E-state index contributed by atoms with van der Waals surface area (Å²) in [5.41, 5.74) is 5.87. The maximum atomic E-state index is 13.1. The molecular formula is C22H32N2O3. The largest absolute Gasteiger partial charge is 0.468 e. The summed E-state index contributed by atoms with van der Waals surface area (Å²) in [5, 5.41) is 0. The van der Waals surface area contributed by atoms with Crippen LogP contribution < -0.4 is 10.5 Å². The van der Waals surface area contributed by atoms with Gasteiger partial charge in [-0.25, -0.2) is 0 Å². The van der Waals surface area contributed by atoms with Gasteiger partial charge in [0.15, 0.2) is 5.72 Å². The van der Waals surface area contributed by atoms with Crippen LogP contribution >= 0.6 is 0 Å². The highest BCUT2D eigenvalue weighted by Gasteiger charge is 2.55. The van der Waals surface area contributed by atoms with Crippen LogP contribution in [0.4, 0.5) is 0 Å². The predicted octanol–water partition coefficient (Wildman–Crippen LogP) is 3.96. The van der Waals surface area contributed by atoms with Gasteiger partial charge in [-0.1, -0.05) is 63.6 Å². The van der Waals surface area contributed by atoms with Crippen LogP contribution in [0.1, 0.15) is 76.7 Å². The molecule has 2 heterocycles. The summed E-state index contributed by atoms with van der Waals surface area (Å²) in [6, 6.07) is 7.69. The van der Waals surface area contributed by atoms with Gasteiger partial charge in [0.2, 0.25) is 11.8 Å². The van der Waals surface area contributed by atoms with Gasteiger partial charge in [0, 0.05) is 18.9 Å². The lowest BCUT2D eigenvalue weighted by Crippen LogP contribution is -2.64. The Morgan fingerprint density at radius 3 is 2.56 bits per heavy atom. The van der Waals surface area contributed by atoms with Gasteiger partial charge in [-0.3, -0.25) is 9.59 Å². The van der Waals surface area contributed by atoms with Crippen LogP contribution in [0.25, 0.3) is 0 Å². The third-order valence-electron chi connectivity index (χ3n) is 6.04. The number of hydrogen-bond donors (Lipinski definition) is 1. The van der Waals surface area contributed by atoms with Gasteiger partial charge in [0.05, 0.1) is 0 Å². The molecule has 2 amide bonds. The number of benzene rings is 1. The van der Waals surface area contributed by atoms with E-state index >= 15 is 0 Å². The van der Waals surface area contributed by atoms with Crippen molar-refractivity contribution in [1.29, 1.82) is 0 Å². The first-order valence-electron chi connectivity index (χ1n) is 10.4. The average molecular weight is 373 g/mol. The van der Waals surface area contributed by atoms with Crippen molar-refractivity contribution in [1.82, 2.24) is 4.90 Å². The fraction of sp³-hybridized carbons (Fsp3) is 0.636. The van der Waals surface area contributed by atoms with Crippen molar-refractivity contribution in [3.8, 4) is 5.75 Å². The number of nitrogens with zero attached hydrogens (tertiary/aromatic N) is 1. The minimum atomic E-state index is -0.798. The first-order chi connectivity index (χ1) is 13.0. The number of likely N-dealkylation sites (tertiary alicyclic amines) is 1. The van der Waals surface area contributed by atoms with Crippen molar-refractivity contribution in [3.05, 3.63) is 29.8 Å². The first-order valence-corrected chi connectivity index (χ1v) is 10.4. The summed E-state index contributed by atoms with van der Waals surface area (Å²) in [6.45, 7) is 4.79. The summed E-state index contributed by atoms with van der Waals surface area (Å²) in [4.78, 5) is 27.0. The van der Waals surface area contributed by atoms with Crippen LogP contribution in [-0.2, 0) is 9.59 Å². The SMILES string of the molecule is CCCCCCCCCN1C(=O)[C@@H](C(N)=O)[C@H]2C[C@@]1(C)Oc1ccccc12. The number of unbranched alkanes of at least 4 members (excludes halogenated alkanes) is 6. The standard InChI is InChI=1S/C22H32N2O3/c1-3-4-5-6-7-8-11-14-24-21(26)19(20(23)25)17-15-22(24,2)27-18-13-10-9-12-16(17)18/h9-10,12-13,17,19H,3-8,11,14-15H2,1-2H3,(H2,23,25)/t17-,19+,22+/m0/s1. The van der Waals surface area contributed by atoms with E-state index in [2.05, 4.69) is 6.92 Å². The summed E-state index contributed by atoms with van der Waals surface area (Å²) in [7, 11) is 0. The molecule has 1 saturated heterocycles. The van der Waals surface area contributed by atoms with Gasteiger partial charge in [-0.15, -0.1) is 0 Å². The topological polar surface area (TPSA) is 72.6 Å². The number of rotatable bonds is 9.